The predicted octanol–water partition coefficient (Wildman–Crippen LogP) is 4.13. The number of aryl methyl sites for hydroxylation is 1. The van der Waals surface area contributed by atoms with E-state index in [-0.39, 0.29) is 6.04 Å². The highest BCUT2D eigenvalue weighted by atomic mass is 79.9. The van der Waals surface area contributed by atoms with E-state index >= 15 is 0 Å². The third-order valence-electron chi connectivity index (χ3n) is 2.65. The fraction of sp³-hybridized carbons (Fsp3) is 0.167. The number of halogens is 2. The average Bonchev–Trinajstić information content (AvgIpc) is 2.69. The minimum atomic E-state index is 0.0173. The van der Waals surface area contributed by atoms with Gasteiger partial charge in [0.05, 0.1) is 6.04 Å². The molecular weight excluding hydrogens is 364 g/mol. The van der Waals surface area contributed by atoms with Crippen LogP contribution in [-0.4, -0.2) is 0 Å². The molecule has 5 heteroatoms. The van der Waals surface area contributed by atoms with E-state index in [1.165, 1.54) is 10.4 Å². The van der Waals surface area contributed by atoms with Crippen molar-refractivity contribution in [3.63, 3.8) is 0 Å². The second-order valence-electron chi connectivity index (χ2n) is 3.70. The fourth-order valence-corrected chi connectivity index (χ4v) is 3.79. The standard InChI is InChI=1S/C12H12Br2N2S/c1-7-9(4-5-17-7)12(16-15)10-3-2-8(13)6-11(10)14/h2-6,12,16H,15H2,1H3. The number of hydrogen-bond donors (Lipinski definition) is 2. The zero-order valence-electron chi connectivity index (χ0n) is 9.21. The van der Waals surface area contributed by atoms with Gasteiger partial charge in [-0.1, -0.05) is 37.9 Å². The highest BCUT2D eigenvalue weighted by Crippen LogP contribution is 2.33. The van der Waals surface area contributed by atoms with Crippen LogP contribution in [0.15, 0.2) is 38.6 Å². The molecule has 1 atom stereocenters. The van der Waals surface area contributed by atoms with Gasteiger partial charge in [-0.2, -0.15) is 0 Å². The lowest BCUT2D eigenvalue weighted by molar-refractivity contribution is 0.634. The van der Waals surface area contributed by atoms with Crippen LogP contribution in [0.2, 0.25) is 0 Å². The van der Waals surface area contributed by atoms with Crippen LogP contribution < -0.4 is 11.3 Å². The van der Waals surface area contributed by atoms with E-state index in [0.717, 1.165) is 14.5 Å². The first-order chi connectivity index (χ1) is 8.13. The van der Waals surface area contributed by atoms with Gasteiger partial charge >= 0.3 is 0 Å². The zero-order valence-corrected chi connectivity index (χ0v) is 13.2. The lowest BCUT2D eigenvalue weighted by Gasteiger charge is -2.18. The molecule has 2 aromatic rings. The summed E-state index contributed by atoms with van der Waals surface area (Å²) < 4.78 is 2.09. The van der Waals surface area contributed by atoms with Crippen molar-refractivity contribution < 1.29 is 0 Å². The average molecular weight is 376 g/mol. The smallest absolute Gasteiger partial charge is 0.0731 e. The minimum Gasteiger partial charge on any atom is -0.271 e. The maximum Gasteiger partial charge on any atom is 0.0731 e. The van der Waals surface area contributed by atoms with Gasteiger partial charge < -0.3 is 0 Å². The second-order valence-corrected chi connectivity index (χ2v) is 6.59. The van der Waals surface area contributed by atoms with Crippen molar-refractivity contribution in [2.75, 3.05) is 0 Å². The Bertz CT molecular complexity index is 525. The maximum atomic E-state index is 5.69. The van der Waals surface area contributed by atoms with E-state index in [0.29, 0.717) is 0 Å². The van der Waals surface area contributed by atoms with Crippen LogP contribution in [-0.2, 0) is 0 Å². The molecule has 0 aliphatic carbocycles. The number of benzene rings is 1. The molecule has 90 valence electrons. The highest BCUT2D eigenvalue weighted by Gasteiger charge is 2.17. The first-order valence-electron chi connectivity index (χ1n) is 5.08. The summed E-state index contributed by atoms with van der Waals surface area (Å²) in [6.07, 6.45) is 0. The third kappa shape index (κ3) is 2.80. The Labute approximate surface area is 121 Å². The number of nitrogens with two attached hydrogens (primary N) is 1. The van der Waals surface area contributed by atoms with Crippen LogP contribution in [0.3, 0.4) is 0 Å². The molecule has 0 radical (unpaired) electrons. The van der Waals surface area contributed by atoms with Crippen molar-refractivity contribution in [1.82, 2.24) is 5.43 Å². The van der Waals surface area contributed by atoms with Gasteiger partial charge in [0.2, 0.25) is 0 Å². The van der Waals surface area contributed by atoms with Crippen LogP contribution in [0, 0.1) is 6.92 Å². The number of nitrogens with one attached hydrogen (secondary N) is 1. The maximum absolute atomic E-state index is 5.69. The van der Waals surface area contributed by atoms with Gasteiger partial charge in [-0.05, 0) is 41.6 Å². The van der Waals surface area contributed by atoms with Gasteiger partial charge in [0.25, 0.3) is 0 Å². The fourth-order valence-electron chi connectivity index (χ4n) is 1.78. The summed E-state index contributed by atoms with van der Waals surface area (Å²) in [5, 5.41) is 2.09. The summed E-state index contributed by atoms with van der Waals surface area (Å²) in [5.74, 6) is 5.69. The Kier molecular flexibility index (Phi) is 4.38. The van der Waals surface area contributed by atoms with Crippen LogP contribution >= 0.6 is 43.2 Å². The van der Waals surface area contributed by atoms with Gasteiger partial charge in [0, 0.05) is 13.8 Å². The Morgan fingerprint density at radius 2 is 2.00 bits per heavy atom. The van der Waals surface area contributed by atoms with Crippen molar-refractivity contribution in [2.45, 2.75) is 13.0 Å². The molecule has 0 spiro atoms. The molecule has 1 heterocycles. The molecule has 2 nitrogen and oxygen atoms in total. The SMILES string of the molecule is Cc1sccc1C(NN)c1ccc(Br)cc1Br. The molecule has 0 fully saturated rings. The summed E-state index contributed by atoms with van der Waals surface area (Å²) in [6.45, 7) is 2.11. The van der Waals surface area contributed by atoms with Gasteiger partial charge in [0.15, 0.2) is 0 Å². The summed E-state index contributed by atoms with van der Waals surface area (Å²) in [5.41, 5.74) is 5.24. The van der Waals surface area contributed by atoms with Crippen LogP contribution in [0.4, 0.5) is 0 Å². The Morgan fingerprint density at radius 1 is 1.24 bits per heavy atom. The molecule has 0 aliphatic rings. The predicted molar refractivity (Wildman–Crippen MR) is 80.1 cm³/mol. The van der Waals surface area contributed by atoms with Crippen LogP contribution in [0.5, 0.6) is 0 Å². The van der Waals surface area contributed by atoms with Crippen LogP contribution in [0.1, 0.15) is 22.0 Å². The molecule has 0 amide bonds. The normalized spacial score (nSPS) is 12.7. The number of hydrogen-bond acceptors (Lipinski definition) is 3. The van der Waals surface area contributed by atoms with Gasteiger partial charge in [-0.3, -0.25) is 5.84 Å². The molecule has 2 rings (SSSR count). The van der Waals surface area contributed by atoms with Gasteiger partial charge in [-0.15, -0.1) is 11.3 Å². The molecule has 0 saturated carbocycles. The van der Waals surface area contributed by atoms with Crippen molar-refractivity contribution in [3.05, 3.63) is 54.6 Å². The summed E-state index contributed by atoms with van der Waals surface area (Å²) in [7, 11) is 0. The molecule has 1 aromatic carbocycles. The first kappa shape index (κ1) is 13.2. The van der Waals surface area contributed by atoms with Crippen molar-refractivity contribution in [2.24, 2.45) is 5.84 Å². The molecule has 0 aliphatic heterocycles. The number of thiophene rings is 1. The largest absolute Gasteiger partial charge is 0.271 e. The van der Waals surface area contributed by atoms with Crippen molar-refractivity contribution in [3.8, 4) is 0 Å². The topological polar surface area (TPSA) is 38.0 Å². The van der Waals surface area contributed by atoms with E-state index < -0.39 is 0 Å². The molecule has 0 saturated heterocycles. The van der Waals surface area contributed by atoms with E-state index in [9.17, 15) is 0 Å². The van der Waals surface area contributed by atoms with E-state index in [4.69, 9.17) is 5.84 Å². The molecule has 0 bridgehead atoms. The first-order valence-corrected chi connectivity index (χ1v) is 7.55. The van der Waals surface area contributed by atoms with E-state index in [1.54, 1.807) is 11.3 Å². The Balaban J connectivity index is 2.46. The quantitative estimate of drug-likeness (QED) is 0.625. The summed E-state index contributed by atoms with van der Waals surface area (Å²) >= 11 is 8.76. The number of rotatable bonds is 3. The Morgan fingerprint density at radius 3 is 2.53 bits per heavy atom. The minimum absolute atomic E-state index is 0.0173. The molecule has 17 heavy (non-hydrogen) atoms. The lowest BCUT2D eigenvalue weighted by atomic mass is 10.0. The monoisotopic (exact) mass is 374 g/mol. The van der Waals surface area contributed by atoms with Crippen LogP contribution in [0.25, 0.3) is 0 Å². The van der Waals surface area contributed by atoms with E-state index in [1.807, 2.05) is 12.1 Å². The zero-order chi connectivity index (χ0) is 12.4. The van der Waals surface area contributed by atoms with Crippen molar-refractivity contribution in [1.29, 1.82) is 0 Å². The van der Waals surface area contributed by atoms with Gasteiger partial charge in [0.1, 0.15) is 0 Å². The summed E-state index contributed by atoms with van der Waals surface area (Å²) in [4.78, 5) is 1.28. The third-order valence-corrected chi connectivity index (χ3v) is 4.69. The summed E-state index contributed by atoms with van der Waals surface area (Å²) in [6, 6.07) is 8.24. The van der Waals surface area contributed by atoms with E-state index in [2.05, 4.69) is 61.7 Å². The molecule has 1 aromatic heterocycles. The molecule has 3 N–H and O–H groups in total. The number of hydrazine groups is 1. The Hall–Kier alpha value is -0.200. The lowest BCUT2D eigenvalue weighted by Crippen LogP contribution is -2.29. The molecule has 1 unspecified atom stereocenters. The van der Waals surface area contributed by atoms with Gasteiger partial charge in [-0.25, -0.2) is 5.43 Å². The van der Waals surface area contributed by atoms with Crippen molar-refractivity contribution >= 4 is 43.2 Å². The molecular formula is C12H12Br2N2S. The second kappa shape index (κ2) is 5.63. The highest BCUT2D eigenvalue weighted by molar-refractivity contribution is 9.11.